The maximum absolute atomic E-state index is 8.98. The Kier molecular flexibility index (Phi) is 5.16. The summed E-state index contributed by atoms with van der Waals surface area (Å²) in [5, 5.41) is 12.4. The molecule has 0 bridgehead atoms. The van der Waals surface area contributed by atoms with Gasteiger partial charge in [0.25, 0.3) is 0 Å². The molecule has 0 aliphatic rings. The lowest BCUT2D eigenvalue weighted by atomic mass is 10.0. The number of nitrogens with one attached hydrogen (secondary N) is 1. The van der Waals surface area contributed by atoms with E-state index in [1.165, 1.54) is 0 Å². The van der Waals surface area contributed by atoms with Gasteiger partial charge < -0.3 is 10.1 Å². The van der Waals surface area contributed by atoms with E-state index in [2.05, 4.69) is 11.4 Å². The van der Waals surface area contributed by atoms with E-state index in [0.717, 1.165) is 16.9 Å². The van der Waals surface area contributed by atoms with Gasteiger partial charge in [-0.1, -0.05) is 48.5 Å². The lowest BCUT2D eigenvalue weighted by molar-refractivity contribution is 0.405. The summed E-state index contributed by atoms with van der Waals surface area (Å²) in [6.45, 7) is 0.672. The molecule has 102 valence electrons. The van der Waals surface area contributed by atoms with Crippen LogP contribution in [0.25, 0.3) is 0 Å². The maximum atomic E-state index is 8.98. The van der Waals surface area contributed by atoms with Crippen LogP contribution in [0.5, 0.6) is 5.75 Å². The van der Waals surface area contributed by atoms with E-state index in [-0.39, 0.29) is 6.04 Å². The highest BCUT2D eigenvalue weighted by molar-refractivity contribution is 5.33. The van der Waals surface area contributed by atoms with Crippen LogP contribution in [0.2, 0.25) is 0 Å². The molecule has 2 rings (SSSR count). The van der Waals surface area contributed by atoms with Crippen molar-refractivity contribution >= 4 is 0 Å². The normalized spacial score (nSPS) is 11.6. The van der Waals surface area contributed by atoms with Crippen LogP contribution < -0.4 is 10.1 Å². The number of nitriles is 1. The fraction of sp³-hybridized carbons (Fsp3) is 0.235. The van der Waals surface area contributed by atoms with Crippen LogP contribution in [0, 0.1) is 11.3 Å². The van der Waals surface area contributed by atoms with E-state index in [1.807, 2.05) is 54.6 Å². The minimum Gasteiger partial charge on any atom is -0.496 e. The lowest BCUT2D eigenvalue weighted by Crippen LogP contribution is -2.20. The lowest BCUT2D eigenvalue weighted by Gasteiger charge is -2.17. The molecule has 0 fully saturated rings. The number of para-hydroxylation sites is 1. The number of methoxy groups -OCH3 is 1. The molecule has 0 saturated carbocycles. The summed E-state index contributed by atoms with van der Waals surface area (Å²) in [7, 11) is 1.67. The molecule has 0 aliphatic carbocycles. The Labute approximate surface area is 119 Å². The van der Waals surface area contributed by atoms with E-state index >= 15 is 0 Å². The summed E-state index contributed by atoms with van der Waals surface area (Å²) in [5.41, 5.74) is 2.22. The van der Waals surface area contributed by atoms with Gasteiger partial charge >= 0.3 is 0 Å². The fourth-order valence-electron chi connectivity index (χ4n) is 2.17. The first kappa shape index (κ1) is 14.1. The molecule has 0 aliphatic heterocycles. The van der Waals surface area contributed by atoms with Crippen molar-refractivity contribution in [1.29, 1.82) is 5.26 Å². The Hall–Kier alpha value is -2.31. The molecular weight excluding hydrogens is 248 g/mol. The van der Waals surface area contributed by atoms with E-state index < -0.39 is 0 Å². The third kappa shape index (κ3) is 3.59. The SMILES string of the molecule is COc1ccccc1CNC(CC#N)c1ccccc1. The monoisotopic (exact) mass is 266 g/mol. The average molecular weight is 266 g/mol. The van der Waals surface area contributed by atoms with E-state index in [9.17, 15) is 0 Å². The van der Waals surface area contributed by atoms with Gasteiger partial charge in [-0.3, -0.25) is 0 Å². The van der Waals surface area contributed by atoms with Crippen molar-refractivity contribution in [3.05, 3.63) is 65.7 Å². The third-order valence-corrected chi connectivity index (χ3v) is 3.23. The van der Waals surface area contributed by atoms with Crippen LogP contribution in [0.4, 0.5) is 0 Å². The van der Waals surface area contributed by atoms with Crippen LogP contribution >= 0.6 is 0 Å². The summed E-state index contributed by atoms with van der Waals surface area (Å²) in [4.78, 5) is 0. The van der Waals surface area contributed by atoms with Gasteiger partial charge in [-0.2, -0.15) is 5.26 Å². The smallest absolute Gasteiger partial charge is 0.123 e. The molecular formula is C17H18N2O. The van der Waals surface area contributed by atoms with Crippen molar-refractivity contribution in [2.45, 2.75) is 19.0 Å². The molecule has 0 spiro atoms. The van der Waals surface area contributed by atoms with Gasteiger partial charge in [0, 0.05) is 18.2 Å². The molecule has 1 N–H and O–H groups in total. The van der Waals surface area contributed by atoms with Gasteiger partial charge in [0.15, 0.2) is 0 Å². The fourth-order valence-corrected chi connectivity index (χ4v) is 2.17. The Balaban J connectivity index is 2.08. The first-order valence-corrected chi connectivity index (χ1v) is 6.62. The van der Waals surface area contributed by atoms with Crippen LogP contribution in [-0.4, -0.2) is 7.11 Å². The number of rotatable bonds is 6. The molecule has 0 radical (unpaired) electrons. The Bertz CT molecular complexity index is 575. The van der Waals surface area contributed by atoms with Crippen molar-refractivity contribution in [3.8, 4) is 11.8 Å². The van der Waals surface area contributed by atoms with Crippen LogP contribution in [0.1, 0.15) is 23.6 Å². The zero-order valence-corrected chi connectivity index (χ0v) is 11.5. The predicted octanol–water partition coefficient (Wildman–Crippen LogP) is 3.44. The van der Waals surface area contributed by atoms with Crippen molar-refractivity contribution in [2.75, 3.05) is 7.11 Å². The standard InChI is InChI=1S/C17H18N2O/c1-20-17-10-6-5-9-15(17)13-19-16(11-12-18)14-7-3-2-4-8-14/h2-10,16,19H,11,13H2,1H3. The van der Waals surface area contributed by atoms with Crippen LogP contribution in [0.3, 0.4) is 0 Å². The van der Waals surface area contributed by atoms with Crippen molar-refractivity contribution in [1.82, 2.24) is 5.32 Å². The Morgan fingerprint density at radius 3 is 2.50 bits per heavy atom. The van der Waals surface area contributed by atoms with Gasteiger partial charge in [0.05, 0.1) is 19.6 Å². The quantitative estimate of drug-likeness (QED) is 0.871. The first-order valence-electron chi connectivity index (χ1n) is 6.62. The van der Waals surface area contributed by atoms with Gasteiger partial charge in [-0.15, -0.1) is 0 Å². The number of hydrogen-bond acceptors (Lipinski definition) is 3. The topological polar surface area (TPSA) is 45.0 Å². The minimum absolute atomic E-state index is 0.0334. The molecule has 2 aromatic carbocycles. The van der Waals surface area contributed by atoms with Crippen molar-refractivity contribution in [2.24, 2.45) is 0 Å². The summed E-state index contributed by atoms with van der Waals surface area (Å²) >= 11 is 0. The van der Waals surface area contributed by atoms with Gasteiger partial charge in [-0.25, -0.2) is 0 Å². The molecule has 0 saturated heterocycles. The summed E-state index contributed by atoms with van der Waals surface area (Å²) in [6, 6.07) is 20.2. The zero-order chi connectivity index (χ0) is 14.2. The largest absolute Gasteiger partial charge is 0.496 e. The van der Waals surface area contributed by atoms with Crippen LogP contribution in [-0.2, 0) is 6.54 Å². The first-order chi connectivity index (χ1) is 9.85. The molecule has 3 nitrogen and oxygen atoms in total. The second kappa shape index (κ2) is 7.32. The Morgan fingerprint density at radius 1 is 1.10 bits per heavy atom. The molecule has 1 atom stereocenters. The van der Waals surface area contributed by atoms with E-state index in [1.54, 1.807) is 7.11 Å². The van der Waals surface area contributed by atoms with Gasteiger partial charge in [0.2, 0.25) is 0 Å². The molecule has 20 heavy (non-hydrogen) atoms. The highest BCUT2D eigenvalue weighted by Crippen LogP contribution is 2.20. The average Bonchev–Trinajstić information content (AvgIpc) is 2.52. The van der Waals surface area contributed by atoms with Crippen LogP contribution in [0.15, 0.2) is 54.6 Å². The van der Waals surface area contributed by atoms with Gasteiger partial charge in [-0.05, 0) is 11.6 Å². The van der Waals surface area contributed by atoms with Crippen molar-refractivity contribution < 1.29 is 4.74 Å². The number of benzene rings is 2. The molecule has 0 amide bonds. The van der Waals surface area contributed by atoms with Gasteiger partial charge in [0.1, 0.15) is 5.75 Å². The second-order valence-corrected chi connectivity index (χ2v) is 4.52. The summed E-state index contributed by atoms with van der Waals surface area (Å²) in [5.74, 6) is 0.865. The second-order valence-electron chi connectivity index (χ2n) is 4.52. The molecule has 1 unspecified atom stereocenters. The number of ether oxygens (including phenoxy) is 1. The minimum atomic E-state index is 0.0334. The maximum Gasteiger partial charge on any atom is 0.123 e. The molecule has 2 aromatic rings. The molecule has 0 heterocycles. The summed E-state index contributed by atoms with van der Waals surface area (Å²) < 4.78 is 5.34. The highest BCUT2D eigenvalue weighted by Gasteiger charge is 2.11. The van der Waals surface area contributed by atoms with E-state index in [4.69, 9.17) is 10.00 Å². The highest BCUT2D eigenvalue weighted by atomic mass is 16.5. The zero-order valence-electron chi connectivity index (χ0n) is 11.5. The molecule has 0 aromatic heterocycles. The van der Waals surface area contributed by atoms with E-state index in [0.29, 0.717) is 13.0 Å². The Morgan fingerprint density at radius 2 is 1.80 bits per heavy atom. The summed E-state index contributed by atoms with van der Waals surface area (Å²) in [6.07, 6.45) is 0.444. The molecule has 3 heteroatoms. The van der Waals surface area contributed by atoms with Crippen molar-refractivity contribution in [3.63, 3.8) is 0 Å². The number of nitrogens with zero attached hydrogens (tertiary/aromatic N) is 1. The number of hydrogen-bond donors (Lipinski definition) is 1. The predicted molar refractivity (Wildman–Crippen MR) is 79.2 cm³/mol. The third-order valence-electron chi connectivity index (χ3n) is 3.23.